The van der Waals surface area contributed by atoms with Crippen molar-refractivity contribution < 1.29 is 9.31 Å². The third kappa shape index (κ3) is 2.86. The second-order valence-corrected chi connectivity index (χ2v) is 4.33. The molecular formula is C12H13FN4O2. The van der Waals surface area contributed by atoms with Gasteiger partial charge in [-0.05, 0) is 0 Å². The van der Waals surface area contributed by atoms with Crippen molar-refractivity contribution in [2.75, 3.05) is 19.6 Å². The fourth-order valence-electron chi connectivity index (χ4n) is 2.11. The van der Waals surface area contributed by atoms with Crippen LogP contribution < -0.4 is 5.32 Å². The third-order valence-corrected chi connectivity index (χ3v) is 3.13. The summed E-state index contributed by atoms with van der Waals surface area (Å²) in [7, 11) is 0. The van der Waals surface area contributed by atoms with Gasteiger partial charge in [0.15, 0.2) is 0 Å². The van der Waals surface area contributed by atoms with Gasteiger partial charge in [0.25, 0.3) is 0 Å². The Kier molecular flexibility index (Phi) is 4.04. The first-order valence-corrected chi connectivity index (χ1v) is 5.89. The molecule has 19 heavy (non-hydrogen) atoms. The van der Waals surface area contributed by atoms with E-state index in [1.165, 1.54) is 12.1 Å². The van der Waals surface area contributed by atoms with Crippen molar-refractivity contribution in [1.82, 2.24) is 10.2 Å². The van der Waals surface area contributed by atoms with E-state index in [9.17, 15) is 14.5 Å². The molecule has 0 radical (unpaired) electrons. The van der Waals surface area contributed by atoms with Gasteiger partial charge in [0, 0.05) is 37.8 Å². The van der Waals surface area contributed by atoms with Crippen LogP contribution in [0.4, 0.5) is 10.1 Å². The Labute approximate surface area is 109 Å². The van der Waals surface area contributed by atoms with Crippen molar-refractivity contribution in [3.8, 4) is 6.07 Å². The van der Waals surface area contributed by atoms with Gasteiger partial charge in [-0.1, -0.05) is 12.1 Å². The number of piperazine rings is 1. The first-order valence-electron chi connectivity index (χ1n) is 5.89. The van der Waals surface area contributed by atoms with E-state index in [4.69, 9.17) is 5.26 Å². The fourth-order valence-corrected chi connectivity index (χ4v) is 2.11. The minimum absolute atomic E-state index is 0.202. The Morgan fingerprint density at radius 3 is 3.11 bits per heavy atom. The summed E-state index contributed by atoms with van der Waals surface area (Å²) < 4.78 is 13.9. The summed E-state index contributed by atoms with van der Waals surface area (Å²) in [5.41, 5.74) is -0.280. The van der Waals surface area contributed by atoms with Crippen molar-refractivity contribution in [3.05, 3.63) is 39.7 Å². The Morgan fingerprint density at radius 1 is 1.63 bits per heavy atom. The molecule has 1 aliphatic rings. The molecule has 1 heterocycles. The van der Waals surface area contributed by atoms with Gasteiger partial charge >= 0.3 is 5.69 Å². The van der Waals surface area contributed by atoms with Gasteiger partial charge in [-0.15, -0.1) is 0 Å². The zero-order chi connectivity index (χ0) is 13.8. The maximum absolute atomic E-state index is 13.9. The van der Waals surface area contributed by atoms with Gasteiger partial charge in [-0.3, -0.25) is 15.0 Å². The minimum Gasteiger partial charge on any atom is -0.313 e. The van der Waals surface area contributed by atoms with E-state index in [0.29, 0.717) is 19.6 Å². The van der Waals surface area contributed by atoms with Gasteiger partial charge in [0.1, 0.15) is 6.04 Å². The first kappa shape index (κ1) is 13.4. The largest absolute Gasteiger partial charge is 0.313 e. The molecule has 1 aromatic rings. The Morgan fingerprint density at radius 2 is 2.42 bits per heavy atom. The van der Waals surface area contributed by atoms with Crippen LogP contribution in [0.3, 0.4) is 0 Å². The van der Waals surface area contributed by atoms with Crippen molar-refractivity contribution in [2.45, 2.75) is 12.6 Å². The molecule has 1 N–H and O–H groups in total. The molecule has 0 aliphatic carbocycles. The van der Waals surface area contributed by atoms with Gasteiger partial charge < -0.3 is 5.32 Å². The smallest absolute Gasteiger partial charge is 0.305 e. The molecule has 1 fully saturated rings. The number of halogens is 1. The molecule has 0 bridgehead atoms. The SMILES string of the molecule is N#CC1CNCCN1Cc1cccc([N+](=O)[O-])c1F. The predicted octanol–water partition coefficient (Wildman–Crippen LogP) is 1.03. The van der Waals surface area contributed by atoms with E-state index in [1.54, 1.807) is 0 Å². The van der Waals surface area contributed by atoms with Crippen LogP contribution in [-0.4, -0.2) is 35.5 Å². The standard InChI is InChI=1S/C12H13FN4O2/c13-12-9(2-1-3-11(12)17(18)19)8-16-5-4-15-7-10(16)6-14/h1-3,10,15H,4-5,7-8H2. The Hall–Kier alpha value is -2.04. The van der Waals surface area contributed by atoms with Crippen LogP contribution in [-0.2, 0) is 6.54 Å². The molecule has 1 saturated heterocycles. The summed E-state index contributed by atoms with van der Waals surface area (Å²) >= 11 is 0. The number of hydrogen-bond donors (Lipinski definition) is 1. The van der Waals surface area contributed by atoms with E-state index in [2.05, 4.69) is 11.4 Å². The highest BCUT2D eigenvalue weighted by molar-refractivity contribution is 5.36. The number of hydrogen-bond acceptors (Lipinski definition) is 5. The van der Waals surface area contributed by atoms with Crippen LogP contribution in [0.2, 0.25) is 0 Å². The number of benzene rings is 1. The minimum atomic E-state index is -0.817. The monoisotopic (exact) mass is 264 g/mol. The maximum Gasteiger partial charge on any atom is 0.305 e. The second kappa shape index (κ2) is 5.73. The lowest BCUT2D eigenvalue weighted by molar-refractivity contribution is -0.387. The Balaban J connectivity index is 2.21. The second-order valence-electron chi connectivity index (χ2n) is 4.33. The molecule has 0 amide bonds. The average Bonchev–Trinajstić information content (AvgIpc) is 2.41. The summed E-state index contributed by atoms with van der Waals surface area (Å²) in [6.45, 7) is 2.05. The fraction of sp³-hybridized carbons (Fsp3) is 0.417. The van der Waals surface area contributed by atoms with Crippen LogP contribution >= 0.6 is 0 Å². The molecule has 1 atom stereocenters. The molecule has 0 aromatic heterocycles. The number of nitriles is 1. The number of nitro benzene ring substituents is 1. The number of nitro groups is 1. The van der Waals surface area contributed by atoms with Crippen LogP contribution in [0.1, 0.15) is 5.56 Å². The lowest BCUT2D eigenvalue weighted by Gasteiger charge is -2.31. The molecule has 1 aliphatic heterocycles. The molecule has 0 saturated carbocycles. The molecule has 6 nitrogen and oxygen atoms in total. The normalized spacial score (nSPS) is 19.9. The lowest BCUT2D eigenvalue weighted by atomic mass is 10.1. The Bertz CT molecular complexity index is 529. The highest BCUT2D eigenvalue weighted by Crippen LogP contribution is 2.22. The topological polar surface area (TPSA) is 82.2 Å². The molecule has 1 aromatic carbocycles. The zero-order valence-electron chi connectivity index (χ0n) is 10.2. The average molecular weight is 264 g/mol. The molecule has 1 unspecified atom stereocenters. The van der Waals surface area contributed by atoms with Gasteiger partial charge in [-0.2, -0.15) is 9.65 Å². The van der Waals surface area contributed by atoms with E-state index >= 15 is 0 Å². The van der Waals surface area contributed by atoms with E-state index in [0.717, 1.165) is 6.07 Å². The summed E-state index contributed by atoms with van der Waals surface area (Å²) in [4.78, 5) is 11.8. The van der Waals surface area contributed by atoms with Crippen molar-refractivity contribution in [3.63, 3.8) is 0 Å². The quantitative estimate of drug-likeness (QED) is 0.651. The van der Waals surface area contributed by atoms with Crippen molar-refractivity contribution in [1.29, 1.82) is 5.26 Å². The van der Waals surface area contributed by atoms with Crippen LogP contribution in [0.15, 0.2) is 18.2 Å². The van der Waals surface area contributed by atoms with E-state index in [1.807, 2.05) is 4.90 Å². The van der Waals surface area contributed by atoms with Crippen molar-refractivity contribution in [2.24, 2.45) is 0 Å². The van der Waals surface area contributed by atoms with Gasteiger partial charge in [0.2, 0.25) is 5.82 Å². The third-order valence-electron chi connectivity index (χ3n) is 3.13. The van der Waals surface area contributed by atoms with Gasteiger partial charge in [0.05, 0.1) is 11.0 Å². The van der Waals surface area contributed by atoms with E-state index in [-0.39, 0.29) is 18.2 Å². The highest BCUT2D eigenvalue weighted by Gasteiger charge is 2.24. The molecule has 0 spiro atoms. The summed E-state index contributed by atoms with van der Waals surface area (Å²) in [5, 5.41) is 22.8. The predicted molar refractivity (Wildman–Crippen MR) is 65.7 cm³/mol. The number of rotatable bonds is 3. The van der Waals surface area contributed by atoms with Crippen molar-refractivity contribution >= 4 is 5.69 Å². The molecule has 7 heteroatoms. The van der Waals surface area contributed by atoms with E-state index < -0.39 is 16.4 Å². The molecular weight excluding hydrogens is 251 g/mol. The summed E-state index contributed by atoms with van der Waals surface area (Å²) in [5.74, 6) is -0.817. The van der Waals surface area contributed by atoms with Crippen LogP contribution in [0.25, 0.3) is 0 Å². The molecule has 100 valence electrons. The number of nitrogens with one attached hydrogen (secondary N) is 1. The summed E-state index contributed by atoms with van der Waals surface area (Å²) in [6, 6.07) is 5.91. The highest BCUT2D eigenvalue weighted by atomic mass is 19.1. The van der Waals surface area contributed by atoms with Gasteiger partial charge in [-0.25, -0.2) is 0 Å². The first-order chi connectivity index (χ1) is 9.13. The summed E-state index contributed by atoms with van der Waals surface area (Å²) in [6.07, 6.45) is 0. The number of nitrogens with zero attached hydrogens (tertiary/aromatic N) is 3. The lowest BCUT2D eigenvalue weighted by Crippen LogP contribution is -2.50. The van der Waals surface area contributed by atoms with Crippen LogP contribution in [0, 0.1) is 27.3 Å². The van der Waals surface area contributed by atoms with Crippen LogP contribution in [0.5, 0.6) is 0 Å². The zero-order valence-corrected chi connectivity index (χ0v) is 10.2. The maximum atomic E-state index is 13.9. The molecule has 2 rings (SSSR count).